The Kier molecular flexibility index (Phi) is 8.83. The van der Waals surface area contributed by atoms with Gasteiger partial charge in [0.1, 0.15) is 0 Å². The van der Waals surface area contributed by atoms with Crippen LogP contribution in [-0.2, 0) is 36.9 Å². The van der Waals surface area contributed by atoms with Gasteiger partial charge < -0.3 is 0 Å². The summed E-state index contributed by atoms with van der Waals surface area (Å²) in [5.74, 6) is 0. The summed E-state index contributed by atoms with van der Waals surface area (Å²) in [6.45, 7) is 1.37. The molecule has 0 saturated carbocycles. The molecule has 2 aliphatic rings. The molecule has 4 aromatic rings. The summed E-state index contributed by atoms with van der Waals surface area (Å²) < 4.78 is 34.2. The van der Waals surface area contributed by atoms with Crippen LogP contribution >= 0.6 is 0 Å². The number of fused-ring (bicyclic) bond motifs is 1. The van der Waals surface area contributed by atoms with Gasteiger partial charge in [0, 0.05) is 0 Å². The van der Waals surface area contributed by atoms with E-state index in [1.807, 2.05) is 72.8 Å². The first kappa shape index (κ1) is 26.4. The average Bonchev–Trinajstić information content (AvgIpc) is 3.01. The van der Waals surface area contributed by atoms with E-state index in [0.29, 0.717) is 19.8 Å². The molecule has 0 aromatic heterocycles. The van der Waals surface area contributed by atoms with Crippen molar-refractivity contribution >= 4 is 19.4 Å². The van der Waals surface area contributed by atoms with E-state index in [4.69, 9.17) is 23.7 Å². The van der Waals surface area contributed by atoms with Crippen molar-refractivity contribution in [1.82, 2.24) is 0 Å². The summed E-state index contributed by atoms with van der Waals surface area (Å²) in [5, 5.41) is -0.161. The fourth-order valence-electron chi connectivity index (χ4n) is 4.95. The topological polar surface area (TPSA) is 46.2 Å². The van der Waals surface area contributed by atoms with Crippen molar-refractivity contribution in [3.8, 4) is 0 Å². The summed E-state index contributed by atoms with van der Waals surface area (Å²) in [7, 11) is 0. The second-order valence-electron chi connectivity index (χ2n) is 9.67. The van der Waals surface area contributed by atoms with Gasteiger partial charge in [-0.3, -0.25) is 0 Å². The molecule has 0 aliphatic carbocycles. The molecule has 6 heteroatoms. The quantitative estimate of drug-likeness (QED) is 0.257. The fourth-order valence-corrected chi connectivity index (χ4v) is 7.36. The van der Waals surface area contributed by atoms with E-state index in [0.717, 1.165) is 16.7 Å². The molecule has 6 rings (SSSR count). The summed E-state index contributed by atoms with van der Waals surface area (Å²) in [6.07, 6.45) is -1.72. The van der Waals surface area contributed by atoms with E-state index < -0.39 is 6.29 Å². The molecule has 0 unspecified atom stereocenters. The van der Waals surface area contributed by atoms with Gasteiger partial charge in [-0.05, 0) is 0 Å². The van der Waals surface area contributed by atoms with Crippen LogP contribution in [0.5, 0.6) is 0 Å². The standard InChI is InChI=1S/C33H32O5Se/c1-5-13-24(14-6-1)21-34-30-29-28(23-36-32(38-29)26-17-9-3-10-18-26)37-33(39-27-19-11-4-12-20-27)31(30)35-22-25-15-7-2-8-16-25/h1-20,28-33H,21-23H2/t28-,29+,30+,31-,32+,33+/m1/s1. The van der Waals surface area contributed by atoms with Crippen molar-refractivity contribution in [3.05, 3.63) is 138 Å². The minimum atomic E-state index is -0.482. The van der Waals surface area contributed by atoms with Crippen molar-refractivity contribution in [3.63, 3.8) is 0 Å². The van der Waals surface area contributed by atoms with Crippen LogP contribution in [0.4, 0.5) is 0 Å². The Hall–Kier alpha value is -2.80. The Labute approximate surface area is 236 Å². The van der Waals surface area contributed by atoms with Crippen LogP contribution in [0.25, 0.3) is 0 Å². The van der Waals surface area contributed by atoms with Crippen LogP contribution in [-0.4, -0.2) is 51.0 Å². The van der Waals surface area contributed by atoms with Crippen molar-refractivity contribution in [2.75, 3.05) is 6.61 Å². The van der Waals surface area contributed by atoms with Crippen LogP contribution in [0.2, 0.25) is 0 Å². The molecule has 2 heterocycles. The molecule has 0 spiro atoms. The van der Waals surface area contributed by atoms with Gasteiger partial charge in [-0.2, -0.15) is 0 Å². The second kappa shape index (κ2) is 13.0. The molecular weight excluding hydrogens is 555 g/mol. The Morgan fingerprint density at radius 2 is 1.15 bits per heavy atom. The first-order valence-corrected chi connectivity index (χ1v) is 15.2. The van der Waals surface area contributed by atoms with Gasteiger partial charge in [0.15, 0.2) is 0 Å². The summed E-state index contributed by atoms with van der Waals surface area (Å²) in [4.78, 5) is 0. The fraction of sp³-hybridized carbons (Fsp3) is 0.273. The SMILES string of the molecule is c1ccc(CO[C@H]2[C@H]3O[C@@H](c4ccccc4)OC[C@H]3O[C@@H]([Se]c3ccccc3)[C@@H]2OCc2ccccc2)cc1. The van der Waals surface area contributed by atoms with Crippen molar-refractivity contribution in [2.45, 2.75) is 48.9 Å². The Bertz CT molecular complexity index is 1270. The van der Waals surface area contributed by atoms with Gasteiger partial charge in [0.25, 0.3) is 0 Å². The van der Waals surface area contributed by atoms with E-state index in [2.05, 4.69) is 48.5 Å². The Balaban J connectivity index is 1.30. The zero-order valence-electron chi connectivity index (χ0n) is 21.6. The molecule has 2 aliphatic heterocycles. The van der Waals surface area contributed by atoms with Gasteiger partial charge in [-0.1, -0.05) is 0 Å². The molecule has 0 bridgehead atoms. The van der Waals surface area contributed by atoms with Crippen LogP contribution < -0.4 is 4.46 Å². The molecule has 4 aromatic carbocycles. The van der Waals surface area contributed by atoms with Crippen molar-refractivity contribution in [2.24, 2.45) is 0 Å². The molecule has 5 nitrogen and oxygen atoms in total. The van der Waals surface area contributed by atoms with Gasteiger partial charge >= 0.3 is 237 Å². The van der Waals surface area contributed by atoms with E-state index in [1.54, 1.807) is 0 Å². The number of hydrogen-bond donors (Lipinski definition) is 0. The normalized spacial score (nSPS) is 26.6. The second-order valence-corrected chi connectivity index (χ2v) is 12.1. The van der Waals surface area contributed by atoms with E-state index >= 15 is 0 Å². The molecule has 2 saturated heterocycles. The van der Waals surface area contributed by atoms with Crippen molar-refractivity contribution < 1.29 is 23.7 Å². The van der Waals surface area contributed by atoms with Crippen LogP contribution in [0, 0.1) is 0 Å². The molecular formula is C33H32O5Se. The van der Waals surface area contributed by atoms with Crippen LogP contribution in [0.15, 0.2) is 121 Å². The number of ether oxygens (including phenoxy) is 5. The van der Waals surface area contributed by atoms with Crippen LogP contribution in [0.1, 0.15) is 23.0 Å². The first-order chi connectivity index (χ1) is 19.3. The molecule has 0 amide bonds. The zero-order chi connectivity index (χ0) is 26.3. The van der Waals surface area contributed by atoms with Crippen LogP contribution in [0.3, 0.4) is 0 Å². The van der Waals surface area contributed by atoms with E-state index in [9.17, 15) is 0 Å². The van der Waals surface area contributed by atoms with Gasteiger partial charge in [0.05, 0.1) is 0 Å². The van der Waals surface area contributed by atoms with Gasteiger partial charge in [-0.25, -0.2) is 0 Å². The summed E-state index contributed by atoms with van der Waals surface area (Å²) >= 11 is -0.00177. The van der Waals surface area contributed by atoms with Crippen molar-refractivity contribution in [1.29, 1.82) is 0 Å². The number of hydrogen-bond acceptors (Lipinski definition) is 5. The molecule has 0 radical (unpaired) electrons. The third kappa shape index (κ3) is 6.68. The maximum absolute atomic E-state index is 6.73. The predicted octanol–water partition coefficient (Wildman–Crippen LogP) is 5.03. The molecule has 200 valence electrons. The van der Waals surface area contributed by atoms with Gasteiger partial charge in [0.2, 0.25) is 0 Å². The molecule has 39 heavy (non-hydrogen) atoms. The van der Waals surface area contributed by atoms with E-state index in [1.165, 1.54) is 4.46 Å². The third-order valence-corrected chi connectivity index (χ3v) is 9.35. The summed E-state index contributed by atoms with van der Waals surface area (Å²) in [5.41, 5.74) is 3.21. The first-order valence-electron chi connectivity index (χ1n) is 13.3. The monoisotopic (exact) mass is 588 g/mol. The minimum absolute atomic E-state index is 0.00177. The molecule has 6 atom stereocenters. The Morgan fingerprint density at radius 3 is 1.77 bits per heavy atom. The molecule has 0 N–H and O–H groups in total. The summed E-state index contributed by atoms with van der Waals surface area (Å²) in [6, 6.07) is 41.1. The maximum atomic E-state index is 6.73. The zero-order valence-corrected chi connectivity index (χ0v) is 23.3. The third-order valence-electron chi connectivity index (χ3n) is 6.92. The Morgan fingerprint density at radius 1 is 0.615 bits per heavy atom. The average molecular weight is 588 g/mol. The molecule has 2 fully saturated rings. The predicted molar refractivity (Wildman–Crippen MR) is 151 cm³/mol. The van der Waals surface area contributed by atoms with Gasteiger partial charge in [-0.15, -0.1) is 0 Å². The number of benzene rings is 4. The number of rotatable bonds is 9. The van der Waals surface area contributed by atoms with E-state index in [-0.39, 0.29) is 44.4 Å².